The van der Waals surface area contributed by atoms with Crippen LogP contribution in [0.15, 0.2) is 78.9 Å². The minimum absolute atomic E-state index is 0.0641. The van der Waals surface area contributed by atoms with E-state index in [1.54, 1.807) is 24.3 Å². The molecule has 3 atom stereocenters. The van der Waals surface area contributed by atoms with Crippen LogP contribution in [0.25, 0.3) is 0 Å². The smallest absolute Gasteiger partial charge is 0.319 e. The van der Waals surface area contributed by atoms with Crippen molar-refractivity contribution in [1.82, 2.24) is 15.8 Å². The number of rotatable bonds is 6. The third-order valence-electron chi connectivity index (χ3n) is 6.94. The number of halogens is 1. The Labute approximate surface area is 241 Å². The van der Waals surface area contributed by atoms with Crippen molar-refractivity contribution in [3.05, 3.63) is 101 Å². The van der Waals surface area contributed by atoms with Crippen molar-refractivity contribution in [1.29, 1.82) is 0 Å². The van der Waals surface area contributed by atoms with Gasteiger partial charge in [0.05, 0.1) is 16.8 Å². The lowest BCUT2D eigenvalue weighted by Crippen LogP contribution is -2.55. The number of nitrogens with zero attached hydrogens (tertiary/aromatic N) is 1. The van der Waals surface area contributed by atoms with Gasteiger partial charge in [0.25, 0.3) is 5.91 Å². The molecule has 1 aliphatic rings. The number of anilines is 1. The molecule has 4 amide bonds. The summed E-state index contributed by atoms with van der Waals surface area (Å²) in [6.07, 6.45) is 1.18. The van der Waals surface area contributed by atoms with Crippen LogP contribution >= 0.6 is 11.6 Å². The Balaban J connectivity index is 1.71. The molecule has 1 saturated heterocycles. The van der Waals surface area contributed by atoms with E-state index in [4.69, 9.17) is 11.6 Å². The predicted octanol–water partition coefficient (Wildman–Crippen LogP) is 6.75. The SMILES string of the molecule is Cc1cccc(C2CC(c3ccccc3)CC(NC(=O)Nc3ccccc3Cl)C(=O)N2NC(=O)CC(C)(C)C)c1. The Kier molecular flexibility index (Phi) is 9.15. The number of hydrazine groups is 1. The fraction of sp³-hybridized carbons (Fsp3) is 0.344. The van der Waals surface area contributed by atoms with Crippen molar-refractivity contribution in [2.75, 3.05) is 5.32 Å². The fourth-order valence-electron chi connectivity index (χ4n) is 5.13. The molecular weight excluding hydrogens is 524 g/mol. The van der Waals surface area contributed by atoms with Gasteiger partial charge in [-0.25, -0.2) is 9.80 Å². The average molecular weight is 561 g/mol. The highest BCUT2D eigenvalue weighted by atomic mass is 35.5. The lowest BCUT2D eigenvalue weighted by atomic mass is 9.86. The van der Waals surface area contributed by atoms with E-state index < -0.39 is 18.1 Å². The number of carbonyl (C=O) groups is 3. The van der Waals surface area contributed by atoms with Crippen LogP contribution in [0, 0.1) is 12.3 Å². The van der Waals surface area contributed by atoms with Crippen molar-refractivity contribution in [2.24, 2.45) is 5.41 Å². The molecule has 210 valence electrons. The molecule has 4 rings (SSSR count). The van der Waals surface area contributed by atoms with Crippen molar-refractivity contribution in [3.8, 4) is 0 Å². The van der Waals surface area contributed by atoms with Gasteiger partial charge in [0.15, 0.2) is 0 Å². The summed E-state index contributed by atoms with van der Waals surface area (Å²) in [7, 11) is 0. The van der Waals surface area contributed by atoms with E-state index in [-0.39, 0.29) is 29.6 Å². The maximum absolute atomic E-state index is 14.2. The molecule has 0 saturated carbocycles. The van der Waals surface area contributed by atoms with E-state index in [0.29, 0.717) is 23.6 Å². The first-order valence-corrected chi connectivity index (χ1v) is 13.9. The van der Waals surface area contributed by atoms with Crippen molar-refractivity contribution >= 4 is 35.1 Å². The van der Waals surface area contributed by atoms with Crippen LogP contribution in [0.2, 0.25) is 5.02 Å². The minimum atomic E-state index is -0.891. The first-order valence-electron chi connectivity index (χ1n) is 13.6. The van der Waals surface area contributed by atoms with Gasteiger partial charge in [0.2, 0.25) is 5.91 Å². The number of para-hydroxylation sites is 1. The number of aryl methyl sites for hydroxylation is 1. The van der Waals surface area contributed by atoms with Gasteiger partial charge in [-0.3, -0.25) is 15.0 Å². The van der Waals surface area contributed by atoms with Crippen LogP contribution in [0.3, 0.4) is 0 Å². The maximum Gasteiger partial charge on any atom is 0.319 e. The first-order chi connectivity index (χ1) is 19.0. The number of hydrogen-bond donors (Lipinski definition) is 3. The largest absolute Gasteiger partial charge is 0.326 e. The van der Waals surface area contributed by atoms with Gasteiger partial charge in [-0.2, -0.15) is 0 Å². The summed E-state index contributed by atoms with van der Waals surface area (Å²) in [5.74, 6) is -0.691. The third kappa shape index (κ3) is 7.63. The van der Waals surface area contributed by atoms with Crippen LogP contribution in [-0.4, -0.2) is 28.9 Å². The van der Waals surface area contributed by atoms with E-state index >= 15 is 0 Å². The highest BCUT2D eigenvalue weighted by Crippen LogP contribution is 2.39. The first kappa shape index (κ1) is 29.2. The monoisotopic (exact) mass is 560 g/mol. The summed E-state index contributed by atoms with van der Waals surface area (Å²) in [4.78, 5) is 40.5. The van der Waals surface area contributed by atoms with Crippen molar-refractivity contribution < 1.29 is 14.4 Å². The Bertz CT molecular complexity index is 1360. The molecule has 0 aliphatic carbocycles. The molecule has 3 aromatic rings. The highest BCUT2D eigenvalue weighted by Gasteiger charge is 2.40. The average Bonchev–Trinajstić information content (AvgIpc) is 3.02. The molecule has 0 aromatic heterocycles. The van der Waals surface area contributed by atoms with E-state index in [0.717, 1.165) is 16.7 Å². The summed E-state index contributed by atoms with van der Waals surface area (Å²) >= 11 is 6.24. The number of hydrogen-bond acceptors (Lipinski definition) is 3. The molecule has 7 nitrogen and oxygen atoms in total. The second kappa shape index (κ2) is 12.6. The van der Waals surface area contributed by atoms with Gasteiger partial charge < -0.3 is 10.6 Å². The summed E-state index contributed by atoms with van der Waals surface area (Å²) in [6, 6.07) is 23.0. The van der Waals surface area contributed by atoms with Gasteiger partial charge >= 0.3 is 6.03 Å². The highest BCUT2D eigenvalue weighted by molar-refractivity contribution is 6.33. The zero-order valence-electron chi connectivity index (χ0n) is 23.4. The number of carbonyl (C=O) groups excluding carboxylic acids is 3. The molecule has 3 N–H and O–H groups in total. The number of urea groups is 1. The molecule has 40 heavy (non-hydrogen) atoms. The van der Waals surface area contributed by atoms with Crippen LogP contribution in [-0.2, 0) is 9.59 Å². The van der Waals surface area contributed by atoms with Gasteiger partial charge in [0, 0.05) is 6.42 Å². The van der Waals surface area contributed by atoms with Crippen molar-refractivity contribution in [3.63, 3.8) is 0 Å². The summed E-state index contributed by atoms with van der Waals surface area (Å²) in [5, 5.41) is 7.45. The fourth-order valence-corrected chi connectivity index (χ4v) is 5.31. The topological polar surface area (TPSA) is 90.5 Å². The molecule has 0 bridgehead atoms. The normalized spacial score (nSPS) is 19.5. The van der Waals surface area contributed by atoms with Crippen LogP contribution < -0.4 is 16.1 Å². The van der Waals surface area contributed by atoms with Crippen LogP contribution in [0.5, 0.6) is 0 Å². The summed E-state index contributed by atoms with van der Waals surface area (Å²) in [5.41, 5.74) is 6.13. The summed E-state index contributed by atoms with van der Waals surface area (Å²) < 4.78 is 0. The minimum Gasteiger partial charge on any atom is -0.326 e. The predicted molar refractivity (Wildman–Crippen MR) is 159 cm³/mol. The number of amides is 4. The number of benzene rings is 3. The summed E-state index contributed by atoms with van der Waals surface area (Å²) in [6.45, 7) is 7.93. The van der Waals surface area contributed by atoms with Crippen molar-refractivity contribution in [2.45, 2.75) is 65.0 Å². The zero-order chi connectivity index (χ0) is 28.9. The second-order valence-corrected chi connectivity index (χ2v) is 12.0. The lowest BCUT2D eigenvalue weighted by molar-refractivity contribution is -0.146. The Morgan fingerprint density at radius 1 is 0.925 bits per heavy atom. The van der Waals surface area contributed by atoms with Gasteiger partial charge in [-0.15, -0.1) is 0 Å². The molecule has 3 aromatic carbocycles. The van der Waals surface area contributed by atoms with E-state index in [2.05, 4.69) is 16.1 Å². The molecule has 3 unspecified atom stereocenters. The Morgan fingerprint density at radius 3 is 2.27 bits per heavy atom. The third-order valence-corrected chi connectivity index (χ3v) is 7.27. The molecule has 8 heteroatoms. The zero-order valence-corrected chi connectivity index (χ0v) is 24.2. The Morgan fingerprint density at radius 2 is 1.60 bits per heavy atom. The van der Waals surface area contributed by atoms with Crippen LogP contribution in [0.1, 0.15) is 68.7 Å². The quantitative estimate of drug-likeness (QED) is 0.311. The molecule has 1 heterocycles. The van der Waals surface area contributed by atoms with Crippen LogP contribution in [0.4, 0.5) is 10.5 Å². The second-order valence-electron chi connectivity index (χ2n) is 11.6. The maximum atomic E-state index is 14.2. The van der Waals surface area contributed by atoms with E-state index in [1.165, 1.54) is 5.01 Å². The van der Waals surface area contributed by atoms with E-state index in [9.17, 15) is 14.4 Å². The van der Waals surface area contributed by atoms with E-state index in [1.807, 2.05) is 82.3 Å². The molecule has 0 spiro atoms. The standard InChI is InChI=1S/C32H37ClN4O3/c1-21-11-10-14-23(17-21)28-19-24(22-12-6-5-7-13-22)18-27(30(39)37(28)36-29(38)20-32(2,3)4)35-31(40)34-26-16-9-8-15-25(26)33/h5-17,24,27-28H,18-20H2,1-4H3,(H,36,38)(H2,34,35,40). The lowest BCUT2D eigenvalue weighted by Gasteiger charge is -2.33. The van der Waals surface area contributed by atoms with Gasteiger partial charge in [-0.05, 0) is 54.4 Å². The molecule has 1 aliphatic heterocycles. The molecule has 0 radical (unpaired) electrons. The molecular formula is C32H37ClN4O3. The Hall–Kier alpha value is -3.84. The number of nitrogens with one attached hydrogen (secondary N) is 3. The van der Waals surface area contributed by atoms with Gasteiger partial charge in [0.1, 0.15) is 6.04 Å². The molecule has 1 fully saturated rings. The van der Waals surface area contributed by atoms with Gasteiger partial charge in [-0.1, -0.05) is 105 Å².